The van der Waals surface area contributed by atoms with Gasteiger partial charge in [0.25, 0.3) is 5.91 Å². The maximum absolute atomic E-state index is 12.0. The van der Waals surface area contributed by atoms with E-state index in [1.807, 2.05) is 20.8 Å². The SMILES string of the molecule is CCO[C@@H]1C[C@@](O)(CNC(=O)c2cccnc2)C1(C)C. The first-order valence-corrected chi connectivity index (χ1v) is 6.93. The standard InChI is InChI=1S/C15H22N2O3/c1-4-20-12-8-15(19,14(12,2)3)10-17-13(18)11-6-5-7-16-9-11/h5-7,9,12,19H,4,8,10H2,1-3H3,(H,17,18)/t12-,15-/m1/s1. The first-order chi connectivity index (χ1) is 9.40. The Kier molecular flexibility index (Phi) is 4.11. The third-order valence-corrected chi connectivity index (χ3v) is 4.36. The van der Waals surface area contributed by atoms with Gasteiger partial charge in [0, 0.05) is 37.4 Å². The van der Waals surface area contributed by atoms with Crippen molar-refractivity contribution in [3.05, 3.63) is 30.1 Å². The Hall–Kier alpha value is -1.46. The lowest BCUT2D eigenvalue weighted by molar-refractivity contribution is -0.237. The van der Waals surface area contributed by atoms with Crippen molar-refractivity contribution in [1.82, 2.24) is 10.3 Å². The second-order valence-electron chi connectivity index (χ2n) is 5.83. The van der Waals surface area contributed by atoms with Gasteiger partial charge in [-0.1, -0.05) is 13.8 Å². The van der Waals surface area contributed by atoms with Crippen molar-refractivity contribution in [3.63, 3.8) is 0 Å². The molecule has 0 spiro atoms. The summed E-state index contributed by atoms with van der Waals surface area (Å²) >= 11 is 0. The molecular weight excluding hydrogens is 256 g/mol. The minimum atomic E-state index is -0.926. The van der Waals surface area contributed by atoms with Crippen LogP contribution >= 0.6 is 0 Å². The lowest BCUT2D eigenvalue weighted by Gasteiger charge is -2.57. The summed E-state index contributed by atoms with van der Waals surface area (Å²) in [7, 11) is 0. The van der Waals surface area contributed by atoms with Gasteiger partial charge in [0.05, 0.1) is 17.3 Å². The average molecular weight is 278 g/mol. The van der Waals surface area contributed by atoms with Crippen LogP contribution in [0.2, 0.25) is 0 Å². The van der Waals surface area contributed by atoms with Crippen molar-refractivity contribution in [2.24, 2.45) is 5.41 Å². The maximum atomic E-state index is 12.0. The molecule has 5 nitrogen and oxygen atoms in total. The van der Waals surface area contributed by atoms with E-state index in [1.165, 1.54) is 6.20 Å². The van der Waals surface area contributed by atoms with Gasteiger partial charge in [-0.2, -0.15) is 0 Å². The Labute approximate surface area is 119 Å². The molecule has 0 aromatic carbocycles. The quantitative estimate of drug-likeness (QED) is 0.853. The molecule has 1 aromatic rings. The molecule has 1 fully saturated rings. The molecular formula is C15H22N2O3. The molecule has 2 rings (SSSR count). The van der Waals surface area contributed by atoms with Gasteiger partial charge in [0.1, 0.15) is 0 Å². The number of pyridine rings is 1. The predicted octanol–water partition coefficient (Wildman–Crippen LogP) is 1.38. The fraction of sp³-hybridized carbons (Fsp3) is 0.600. The zero-order valence-corrected chi connectivity index (χ0v) is 12.2. The number of amides is 1. The Morgan fingerprint density at radius 3 is 2.90 bits per heavy atom. The van der Waals surface area contributed by atoms with Crippen LogP contribution in [0.3, 0.4) is 0 Å². The second-order valence-corrected chi connectivity index (χ2v) is 5.83. The molecule has 0 unspecified atom stereocenters. The van der Waals surface area contributed by atoms with E-state index in [2.05, 4.69) is 10.3 Å². The summed E-state index contributed by atoms with van der Waals surface area (Å²) in [5.74, 6) is -0.220. The largest absolute Gasteiger partial charge is 0.387 e. The average Bonchev–Trinajstić information content (AvgIpc) is 2.45. The van der Waals surface area contributed by atoms with Crippen molar-refractivity contribution < 1.29 is 14.6 Å². The fourth-order valence-electron chi connectivity index (χ4n) is 2.59. The highest BCUT2D eigenvalue weighted by molar-refractivity contribution is 5.93. The summed E-state index contributed by atoms with van der Waals surface area (Å²) in [4.78, 5) is 15.9. The number of ether oxygens (including phenoxy) is 1. The molecule has 5 heteroatoms. The Morgan fingerprint density at radius 1 is 1.60 bits per heavy atom. The van der Waals surface area contributed by atoms with E-state index < -0.39 is 5.60 Å². The van der Waals surface area contributed by atoms with Crippen LogP contribution in [0.15, 0.2) is 24.5 Å². The van der Waals surface area contributed by atoms with Crippen LogP contribution < -0.4 is 5.32 Å². The second kappa shape index (κ2) is 5.50. The lowest BCUT2D eigenvalue weighted by atomic mass is 9.56. The van der Waals surface area contributed by atoms with Crippen molar-refractivity contribution in [1.29, 1.82) is 0 Å². The van der Waals surface area contributed by atoms with Crippen LogP contribution in [0, 0.1) is 5.41 Å². The smallest absolute Gasteiger partial charge is 0.252 e. The molecule has 2 atom stereocenters. The Bertz CT molecular complexity index is 475. The third-order valence-electron chi connectivity index (χ3n) is 4.36. The molecule has 1 amide bonds. The summed E-state index contributed by atoms with van der Waals surface area (Å²) in [6.07, 6.45) is 3.70. The number of nitrogens with zero attached hydrogens (tertiary/aromatic N) is 1. The molecule has 20 heavy (non-hydrogen) atoms. The molecule has 1 aliphatic rings. The third kappa shape index (κ3) is 2.55. The van der Waals surface area contributed by atoms with Gasteiger partial charge in [-0.25, -0.2) is 0 Å². The van der Waals surface area contributed by atoms with E-state index in [-0.39, 0.29) is 24.0 Å². The topological polar surface area (TPSA) is 71.5 Å². The van der Waals surface area contributed by atoms with Crippen LogP contribution in [0.1, 0.15) is 37.6 Å². The molecule has 1 heterocycles. The zero-order valence-electron chi connectivity index (χ0n) is 12.2. The van der Waals surface area contributed by atoms with Crippen LogP contribution in [0.4, 0.5) is 0 Å². The summed E-state index contributed by atoms with van der Waals surface area (Å²) in [6, 6.07) is 3.41. The number of hydrogen-bond acceptors (Lipinski definition) is 4. The van der Waals surface area contributed by atoms with Gasteiger partial charge in [-0.3, -0.25) is 9.78 Å². The molecule has 1 saturated carbocycles. The molecule has 1 aromatic heterocycles. The van der Waals surface area contributed by atoms with Gasteiger partial charge in [-0.15, -0.1) is 0 Å². The molecule has 0 radical (unpaired) electrons. The number of hydrogen-bond donors (Lipinski definition) is 2. The number of carbonyl (C=O) groups excluding carboxylic acids is 1. The van der Waals surface area contributed by atoms with E-state index >= 15 is 0 Å². The van der Waals surface area contributed by atoms with Crippen molar-refractivity contribution >= 4 is 5.91 Å². The number of carbonyl (C=O) groups is 1. The molecule has 1 aliphatic carbocycles. The first-order valence-electron chi connectivity index (χ1n) is 6.93. The van der Waals surface area contributed by atoms with Crippen LogP contribution in [0.25, 0.3) is 0 Å². The minimum absolute atomic E-state index is 0.0350. The predicted molar refractivity (Wildman–Crippen MR) is 75.3 cm³/mol. The number of rotatable bonds is 5. The molecule has 0 aliphatic heterocycles. The normalized spacial score (nSPS) is 27.7. The number of nitrogens with one attached hydrogen (secondary N) is 1. The van der Waals surface area contributed by atoms with Gasteiger partial charge < -0.3 is 15.2 Å². The van der Waals surface area contributed by atoms with Crippen molar-refractivity contribution in [3.8, 4) is 0 Å². The van der Waals surface area contributed by atoms with Crippen molar-refractivity contribution in [2.75, 3.05) is 13.2 Å². The minimum Gasteiger partial charge on any atom is -0.387 e. The first kappa shape index (κ1) is 14.9. The van der Waals surface area contributed by atoms with Gasteiger partial charge in [0.2, 0.25) is 0 Å². The summed E-state index contributed by atoms with van der Waals surface area (Å²) < 4.78 is 5.60. The molecule has 110 valence electrons. The highest BCUT2D eigenvalue weighted by Crippen LogP contribution is 2.50. The molecule has 0 saturated heterocycles. The summed E-state index contributed by atoms with van der Waals surface area (Å²) in [5, 5.41) is 13.4. The molecule has 2 N–H and O–H groups in total. The van der Waals surface area contributed by atoms with Gasteiger partial charge in [0.15, 0.2) is 0 Å². The Morgan fingerprint density at radius 2 is 2.35 bits per heavy atom. The van der Waals surface area contributed by atoms with Crippen LogP contribution in [-0.2, 0) is 4.74 Å². The van der Waals surface area contributed by atoms with Crippen LogP contribution in [-0.4, -0.2) is 40.9 Å². The number of aromatic nitrogens is 1. The zero-order chi connectivity index (χ0) is 14.8. The monoisotopic (exact) mass is 278 g/mol. The van der Waals surface area contributed by atoms with E-state index in [1.54, 1.807) is 18.3 Å². The number of aliphatic hydroxyl groups is 1. The van der Waals surface area contributed by atoms with E-state index in [9.17, 15) is 9.90 Å². The maximum Gasteiger partial charge on any atom is 0.252 e. The summed E-state index contributed by atoms with van der Waals surface area (Å²) in [5.41, 5.74) is -0.801. The summed E-state index contributed by atoms with van der Waals surface area (Å²) in [6.45, 7) is 6.72. The highest BCUT2D eigenvalue weighted by Gasteiger charge is 2.59. The Balaban J connectivity index is 1.93. The van der Waals surface area contributed by atoms with Crippen molar-refractivity contribution in [2.45, 2.75) is 38.9 Å². The molecule has 0 bridgehead atoms. The van der Waals surface area contributed by atoms with Gasteiger partial charge in [-0.05, 0) is 19.1 Å². The van der Waals surface area contributed by atoms with Crippen LogP contribution in [0.5, 0.6) is 0 Å². The van der Waals surface area contributed by atoms with Gasteiger partial charge >= 0.3 is 0 Å². The lowest BCUT2D eigenvalue weighted by Crippen LogP contribution is -2.68. The highest BCUT2D eigenvalue weighted by atomic mass is 16.5. The van der Waals surface area contributed by atoms with E-state index in [0.717, 1.165) is 0 Å². The van der Waals surface area contributed by atoms with E-state index in [0.29, 0.717) is 18.6 Å². The van der Waals surface area contributed by atoms with E-state index in [4.69, 9.17) is 4.74 Å². The fourth-order valence-corrected chi connectivity index (χ4v) is 2.59.